The molecule has 0 aliphatic carbocycles. The summed E-state index contributed by atoms with van der Waals surface area (Å²) >= 11 is 0. The zero-order valence-corrected chi connectivity index (χ0v) is 48.2. The first-order valence-electron chi connectivity index (χ1n) is 19.8. The van der Waals surface area contributed by atoms with E-state index in [2.05, 4.69) is 4.18 Å². The molecule has 0 saturated carbocycles. The number of nitrogens with zero attached hydrogens (tertiary/aromatic N) is 2. The molecule has 0 saturated heterocycles. The molecular formula is C38H58F3N4O18P8S+. The van der Waals surface area contributed by atoms with Crippen molar-refractivity contribution in [3.8, 4) is 5.75 Å². The van der Waals surface area contributed by atoms with Gasteiger partial charge in [0.1, 0.15) is 39.7 Å². The lowest BCUT2D eigenvalue weighted by Gasteiger charge is -2.16. The summed E-state index contributed by atoms with van der Waals surface area (Å²) in [5.74, 6) is -1.09. The Bertz CT molecular complexity index is 2950. The van der Waals surface area contributed by atoms with Crippen LogP contribution < -0.4 is 31.6 Å². The summed E-state index contributed by atoms with van der Waals surface area (Å²) < 4.78 is 152. The molecule has 34 heteroatoms. The number of halogens is 3. The fourth-order valence-electron chi connectivity index (χ4n) is 5.56. The molecule has 0 bridgehead atoms. The summed E-state index contributed by atoms with van der Waals surface area (Å²) in [4.78, 5) is 46.2. The third-order valence-electron chi connectivity index (χ3n) is 7.93. The summed E-state index contributed by atoms with van der Waals surface area (Å²) in [7, 11) is -27.6. The molecule has 4 rings (SSSR count). The first-order valence-corrected chi connectivity index (χ1v) is 39.8. The lowest BCUT2D eigenvalue weighted by Crippen LogP contribution is -2.28. The Morgan fingerprint density at radius 1 is 0.597 bits per heavy atom. The van der Waals surface area contributed by atoms with Crippen LogP contribution >= 0.6 is 58.5 Å². The first kappa shape index (κ1) is 68.4. The van der Waals surface area contributed by atoms with Crippen molar-refractivity contribution in [2.24, 2.45) is 0 Å². The molecule has 72 heavy (non-hydrogen) atoms. The number of benzene rings is 4. The van der Waals surface area contributed by atoms with E-state index < -0.39 is 101 Å². The lowest BCUT2D eigenvalue weighted by atomic mass is 10.3. The van der Waals surface area contributed by atoms with Crippen LogP contribution in [0.3, 0.4) is 0 Å². The van der Waals surface area contributed by atoms with Crippen molar-refractivity contribution in [2.45, 2.75) is 5.51 Å². The van der Waals surface area contributed by atoms with Gasteiger partial charge in [-0.15, -0.1) is 0 Å². The van der Waals surface area contributed by atoms with Gasteiger partial charge in [-0.3, -0.25) is 29.4 Å². The number of rotatable bonds is 15. The normalized spacial score (nSPS) is 14.6. The van der Waals surface area contributed by atoms with Gasteiger partial charge >= 0.3 is 31.0 Å². The minimum Gasteiger partial charge on any atom is -0.399 e. The Labute approximate surface area is 416 Å². The number of anilines is 2. The Morgan fingerprint density at radius 2 is 0.958 bits per heavy atom. The van der Waals surface area contributed by atoms with E-state index in [-0.39, 0.29) is 28.5 Å². The zero-order valence-electron chi connectivity index (χ0n) is 40.2. The number of nitro groups is 2. The van der Waals surface area contributed by atoms with E-state index in [0.29, 0.717) is 28.3 Å². The second-order valence-corrected chi connectivity index (χ2v) is 42.6. The second kappa shape index (κ2) is 27.3. The average Bonchev–Trinajstić information content (AvgIpc) is 3.15. The maximum Gasteiger partial charge on any atom is 0.534 e. The van der Waals surface area contributed by atoms with E-state index in [9.17, 15) is 83.2 Å². The third kappa shape index (κ3) is 28.8. The van der Waals surface area contributed by atoms with Gasteiger partial charge in [-0.2, -0.15) is 21.6 Å². The number of nitro benzene ring substituents is 2. The second-order valence-electron chi connectivity index (χ2n) is 17.2. The van der Waals surface area contributed by atoms with Crippen LogP contribution in [0.5, 0.6) is 5.75 Å². The van der Waals surface area contributed by atoms with Crippen molar-refractivity contribution >= 4 is 107 Å². The van der Waals surface area contributed by atoms with Gasteiger partial charge in [-0.25, -0.2) is 0 Å². The molecule has 4 atom stereocenters. The molecule has 0 amide bonds. The van der Waals surface area contributed by atoms with Crippen LogP contribution in [-0.2, 0) is 46.6 Å². The highest BCUT2D eigenvalue weighted by molar-refractivity contribution is 7.88. The van der Waals surface area contributed by atoms with Gasteiger partial charge in [-0.05, 0) is 89.7 Å². The topological polar surface area (TPSA) is 379 Å². The standard InChI is InChI=1S/C10H15NO4P2.C10H17NO2P2.C7H4F3NO5S.C7H11NO5P2.C4H11O2P2/c1-16(2,14)8-17(3,15)10-6-4-5-9(7-10)11(12)13;1-14(2,12)8-15(3,13)10-6-4-5-9(11)7-10;8-7(9,10)17(14,15)16-6-3-1-2-5(4-6)11(12)13;8-6-2-1-3-7(4-6)14(9,10)5-15(11,12)13;1-7(5)4-8(2,3)6/h4-7H,8H2,1-3H3;4-7H,8,11H2,1-3H3;1-4H;1-4H,5,8H2,(H,9,10)(H2,11,12,13);4H2,1-3H3/q;;;;+1. The van der Waals surface area contributed by atoms with Gasteiger partial charge in [0.05, 0.1) is 42.0 Å². The van der Waals surface area contributed by atoms with Crippen LogP contribution in [0.2, 0.25) is 0 Å². The monoisotopic (exact) mass is 1200 g/mol. The summed E-state index contributed by atoms with van der Waals surface area (Å²) in [5.41, 5.74) is 5.63. The molecule has 0 aliphatic rings. The summed E-state index contributed by atoms with van der Waals surface area (Å²) in [6, 6.07) is 21.7. The van der Waals surface area contributed by atoms with Crippen LogP contribution in [0.25, 0.3) is 0 Å². The molecule has 0 fully saturated rings. The molecule has 0 aromatic heterocycles. The van der Waals surface area contributed by atoms with Gasteiger partial charge in [0.25, 0.3) is 11.4 Å². The Morgan fingerprint density at radius 3 is 1.29 bits per heavy atom. The van der Waals surface area contributed by atoms with Crippen LogP contribution in [0.15, 0.2) is 97.1 Å². The van der Waals surface area contributed by atoms with E-state index in [1.807, 2.05) is 0 Å². The van der Waals surface area contributed by atoms with Crippen molar-refractivity contribution in [1.29, 1.82) is 0 Å². The summed E-state index contributed by atoms with van der Waals surface area (Å²) in [6.07, 6.45) is 0. The van der Waals surface area contributed by atoms with E-state index in [4.69, 9.17) is 21.3 Å². The van der Waals surface area contributed by atoms with Gasteiger partial charge in [0, 0.05) is 45.5 Å². The van der Waals surface area contributed by atoms with Crippen molar-refractivity contribution in [1.82, 2.24) is 0 Å². The zero-order chi connectivity index (χ0) is 56.7. The smallest absolute Gasteiger partial charge is 0.399 e. The number of alkyl halides is 3. The molecule has 22 nitrogen and oxygen atoms in total. The molecule has 0 radical (unpaired) electrons. The maximum atomic E-state index is 12.4. The molecular weight excluding hydrogens is 1140 g/mol. The highest BCUT2D eigenvalue weighted by Crippen LogP contribution is 2.56. The van der Waals surface area contributed by atoms with Crippen LogP contribution in [0, 0.1) is 20.2 Å². The van der Waals surface area contributed by atoms with Crippen molar-refractivity contribution in [3.05, 3.63) is 117 Å². The van der Waals surface area contributed by atoms with Gasteiger partial charge in [0.2, 0.25) is 7.37 Å². The average molecular weight is 1200 g/mol. The van der Waals surface area contributed by atoms with E-state index in [0.717, 1.165) is 18.2 Å². The SMILES string of the molecule is CP(C)(=O)CP(C)(=O)c1cccc(N)c1.CP(C)(=O)CP(C)(=O)c1cccc([N+](=O)[O-])c1.C[P+](=O)CP(C)(C)=O.Nc1cccc(P(=O)(O)CP(=O)(O)O)c1.O=[N+]([O-])c1cccc(OS(=O)(=O)C(F)(F)F)c1. The number of non-ortho nitro benzene ring substituents is 2. The third-order valence-corrected chi connectivity index (χ3v) is 29.8. The molecule has 404 valence electrons. The van der Waals surface area contributed by atoms with Crippen LogP contribution in [0.1, 0.15) is 0 Å². The molecule has 0 spiro atoms. The lowest BCUT2D eigenvalue weighted by molar-refractivity contribution is -0.385. The molecule has 4 aromatic carbocycles. The quantitative estimate of drug-likeness (QED) is 0.0185. The minimum atomic E-state index is -5.82. The van der Waals surface area contributed by atoms with Gasteiger partial charge < -0.3 is 53.2 Å². The Balaban J connectivity index is 0.000000890. The number of nitrogen functional groups attached to an aromatic ring is 2. The highest BCUT2D eigenvalue weighted by atomic mass is 32.2. The van der Waals surface area contributed by atoms with Crippen LogP contribution in [0.4, 0.5) is 35.9 Å². The number of hydrogen-bond donors (Lipinski definition) is 5. The predicted molar refractivity (Wildman–Crippen MR) is 283 cm³/mol. The fraction of sp³-hybridized carbons (Fsp3) is 0.368. The molecule has 4 aromatic rings. The molecule has 0 heterocycles. The Hall–Kier alpha value is -3.59. The Kier molecular flexibility index (Phi) is 25.9. The number of hydrogen-bond acceptors (Lipinski definition) is 17. The van der Waals surface area contributed by atoms with Crippen LogP contribution in [-0.4, -0.2) is 122 Å². The van der Waals surface area contributed by atoms with Gasteiger partial charge in [-0.1, -0.05) is 41.0 Å². The van der Waals surface area contributed by atoms with Gasteiger partial charge in [0.15, 0.2) is 5.90 Å². The fourth-order valence-corrected chi connectivity index (χ4v) is 26.5. The first-order chi connectivity index (χ1) is 32.1. The predicted octanol–water partition coefficient (Wildman–Crippen LogP) is 9.41. The highest BCUT2D eigenvalue weighted by Gasteiger charge is 2.48. The van der Waals surface area contributed by atoms with Crippen molar-refractivity contribution in [3.63, 3.8) is 0 Å². The molecule has 7 N–H and O–H groups in total. The summed E-state index contributed by atoms with van der Waals surface area (Å²) in [5, 5.41) is 22.0. The minimum absolute atomic E-state index is 0.0502. The molecule has 0 aliphatic heterocycles. The van der Waals surface area contributed by atoms with E-state index >= 15 is 0 Å². The van der Waals surface area contributed by atoms with Crippen molar-refractivity contribution in [2.75, 3.05) is 95.1 Å². The largest absolute Gasteiger partial charge is 0.534 e. The van der Waals surface area contributed by atoms with E-state index in [1.54, 1.807) is 83.7 Å². The summed E-state index contributed by atoms with van der Waals surface area (Å²) in [6.45, 7) is 14.6. The van der Waals surface area contributed by atoms with Crippen molar-refractivity contribution < 1.29 is 86.8 Å². The maximum absolute atomic E-state index is 12.4. The molecule has 4 unspecified atom stereocenters. The number of nitrogens with two attached hydrogens (primary N) is 2. The van der Waals surface area contributed by atoms with E-state index in [1.165, 1.54) is 49.1 Å².